The first-order valence-corrected chi connectivity index (χ1v) is 11.9. The van der Waals surface area contributed by atoms with Crippen LogP contribution in [0.1, 0.15) is 30.1 Å². The van der Waals surface area contributed by atoms with Gasteiger partial charge in [-0.2, -0.15) is 0 Å². The Morgan fingerprint density at radius 2 is 1.65 bits per heavy atom. The lowest BCUT2D eigenvalue weighted by atomic mass is 9.96. The van der Waals surface area contributed by atoms with Gasteiger partial charge in [0.05, 0.1) is 41.8 Å². The van der Waals surface area contributed by atoms with E-state index in [1.54, 1.807) is 31.2 Å². The van der Waals surface area contributed by atoms with Crippen LogP contribution in [0.25, 0.3) is 11.0 Å². The number of carboxylic acids is 2. The Balaban J connectivity index is 0.000000568. The molecule has 1 aliphatic heterocycles. The van der Waals surface area contributed by atoms with E-state index in [4.69, 9.17) is 24.5 Å². The Morgan fingerprint density at radius 3 is 2.32 bits per heavy atom. The number of rotatable bonds is 7. The van der Waals surface area contributed by atoms with Crippen LogP contribution in [0.2, 0.25) is 0 Å². The van der Waals surface area contributed by atoms with Gasteiger partial charge in [0, 0.05) is 6.54 Å². The van der Waals surface area contributed by atoms with Gasteiger partial charge in [-0.3, -0.25) is 9.69 Å². The van der Waals surface area contributed by atoms with Gasteiger partial charge in [-0.25, -0.2) is 19.4 Å². The Labute approximate surface area is 213 Å². The summed E-state index contributed by atoms with van der Waals surface area (Å²) in [5.41, 5.74) is 3.07. The smallest absolute Gasteiger partial charge is 0.414 e. The van der Waals surface area contributed by atoms with Crippen molar-refractivity contribution in [2.75, 3.05) is 31.6 Å². The summed E-state index contributed by atoms with van der Waals surface area (Å²) in [6.07, 6.45) is 4.00. The van der Waals surface area contributed by atoms with Crippen molar-refractivity contribution in [3.05, 3.63) is 60.4 Å². The SMILES string of the molecule is CCOC(=O)c1ccccc1NC(=O)CN1CCC(Cn2cnc3ccccc32)CC1.O=C(O)C(=O)O. The Kier molecular flexibility index (Phi) is 9.73. The zero-order valence-electron chi connectivity index (χ0n) is 20.5. The molecule has 196 valence electrons. The Morgan fingerprint density at radius 1 is 1.00 bits per heavy atom. The molecule has 0 radical (unpaired) electrons. The van der Waals surface area contributed by atoms with Gasteiger partial charge < -0.3 is 24.8 Å². The summed E-state index contributed by atoms with van der Waals surface area (Å²) >= 11 is 0. The number of hydrogen-bond donors (Lipinski definition) is 3. The number of anilines is 1. The maximum atomic E-state index is 12.6. The second-order valence-corrected chi connectivity index (χ2v) is 8.53. The Bertz CT molecular complexity index is 1240. The van der Waals surface area contributed by atoms with E-state index in [9.17, 15) is 9.59 Å². The van der Waals surface area contributed by atoms with Crippen molar-refractivity contribution in [3.63, 3.8) is 0 Å². The number of ether oxygens (including phenoxy) is 1. The molecule has 0 atom stereocenters. The predicted octanol–water partition coefficient (Wildman–Crippen LogP) is 2.72. The van der Waals surface area contributed by atoms with Gasteiger partial charge in [-0.05, 0) is 63.0 Å². The number of aromatic nitrogens is 2. The molecule has 0 saturated carbocycles. The van der Waals surface area contributed by atoms with Crippen molar-refractivity contribution in [1.29, 1.82) is 0 Å². The molecule has 1 saturated heterocycles. The number of carbonyl (C=O) groups excluding carboxylic acids is 2. The molecule has 1 aliphatic rings. The highest BCUT2D eigenvalue weighted by Crippen LogP contribution is 2.22. The third kappa shape index (κ3) is 7.87. The standard InChI is InChI=1S/C24H28N4O3.C2H2O4/c1-2-31-24(30)19-7-3-4-8-20(19)26-23(29)16-27-13-11-18(12-14-27)15-28-17-25-21-9-5-6-10-22(21)28;3-1(4)2(5)6/h3-10,17-18H,2,11-16H2,1H3,(H,26,29);(H,3,4)(H,5,6). The average Bonchev–Trinajstić information content (AvgIpc) is 3.28. The topological polar surface area (TPSA) is 151 Å². The van der Waals surface area contributed by atoms with E-state index in [2.05, 4.69) is 25.8 Å². The summed E-state index contributed by atoms with van der Waals surface area (Å²) in [4.78, 5) is 49.5. The molecular formula is C26H30N4O7. The van der Waals surface area contributed by atoms with Crippen molar-refractivity contribution >= 4 is 40.5 Å². The number of imidazole rings is 1. The van der Waals surface area contributed by atoms with E-state index in [1.807, 2.05) is 24.5 Å². The maximum absolute atomic E-state index is 12.6. The zero-order chi connectivity index (χ0) is 26.8. The van der Waals surface area contributed by atoms with Crippen LogP contribution in [0.5, 0.6) is 0 Å². The van der Waals surface area contributed by atoms with E-state index in [0.717, 1.165) is 38.0 Å². The first kappa shape index (κ1) is 27.3. The molecule has 2 heterocycles. The number of esters is 1. The van der Waals surface area contributed by atoms with Crippen LogP contribution in [0.4, 0.5) is 5.69 Å². The molecule has 0 bridgehead atoms. The third-order valence-electron chi connectivity index (χ3n) is 5.94. The van der Waals surface area contributed by atoms with Crippen molar-refractivity contribution < 1.29 is 34.1 Å². The number of amides is 1. The van der Waals surface area contributed by atoms with E-state index < -0.39 is 17.9 Å². The van der Waals surface area contributed by atoms with Gasteiger partial charge in [0.2, 0.25) is 5.91 Å². The summed E-state index contributed by atoms with van der Waals surface area (Å²) in [6, 6.07) is 15.1. The maximum Gasteiger partial charge on any atom is 0.414 e. The number of aliphatic carboxylic acids is 2. The number of para-hydroxylation sites is 3. The third-order valence-corrected chi connectivity index (χ3v) is 5.94. The molecule has 3 N–H and O–H groups in total. The Hall–Kier alpha value is -4.25. The number of hydrogen-bond acceptors (Lipinski definition) is 7. The molecule has 0 unspecified atom stereocenters. The van der Waals surface area contributed by atoms with E-state index in [-0.39, 0.29) is 5.91 Å². The fourth-order valence-electron chi connectivity index (χ4n) is 4.13. The number of nitrogens with one attached hydrogen (secondary N) is 1. The highest BCUT2D eigenvalue weighted by Gasteiger charge is 2.22. The first-order chi connectivity index (χ1) is 17.8. The summed E-state index contributed by atoms with van der Waals surface area (Å²) in [6.45, 7) is 5.09. The number of piperidine rings is 1. The number of carbonyl (C=O) groups is 4. The number of fused-ring (bicyclic) bond motifs is 1. The van der Waals surface area contributed by atoms with Crippen LogP contribution in [0.15, 0.2) is 54.9 Å². The number of nitrogens with zero attached hydrogens (tertiary/aromatic N) is 3. The summed E-state index contributed by atoms with van der Waals surface area (Å²) in [5, 5.41) is 17.7. The lowest BCUT2D eigenvalue weighted by molar-refractivity contribution is -0.159. The highest BCUT2D eigenvalue weighted by molar-refractivity contribution is 6.27. The molecule has 1 amide bonds. The van der Waals surface area contributed by atoms with E-state index >= 15 is 0 Å². The average molecular weight is 511 g/mol. The molecule has 11 nitrogen and oxygen atoms in total. The second-order valence-electron chi connectivity index (χ2n) is 8.53. The molecule has 0 aliphatic carbocycles. The van der Waals surface area contributed by atoms with Crippen molar-refractivity contribution in [1.82, 2.24) is 14.5 Å². The quantitative estimate of drug-likeness (QED) is 0.322. The monoisotopic (exact) mass is 510 g/mol. The van der Waals surface area contributed by atoms with Crippen LogP contribution in [0, 0.1) is 5.92 Å². The second kappa shape index (κ2) is 13.2. The predicted molar refractivity (Wildman–Crippen MR) is 135 cm³/mol. The summed E-state index contributed by atoms with van der Waals surface area (Å²) in [5.74, 6) is -3.62. The van der Waals surface area contributed by atoms with Crippen molar-refractivity contribution in [2.24, 2.45) is 5.92 Å². The van der Waals surface area contributed by atoms with Crippen LogP contribution >= 0.6 is 0 Å². The minimum atomic E-state index is -1.82. The minimum absolute atomic E-state index is 0.115. The molecule has 11 heteroatoms. The molecule has 3 aromatic rings. The van der Waals surface area contributed by atoms with Gasteiger partial charge in [0.15, 0.2) is 0 Å². The normalized spacial score (nSPS) is 13.9. The molecule has 1 fully saturated rings. The molecule has 37 heavy (non-hydrogen) atoms. The van der Waals surface area contributed by atoms with Gasteiger partial charge in [0.25, 0.3) is 0 Å². The number of benzene rings is 2. The molecule has 2 aromatic carbocycles. The number of likely N-dealkylation sites (tertiary alicyclic amines) is 1. The number of carboxylic acid groups (broad SMARTS) is 2. The van der Waals surface area contributed by atoms with Crippen LogP contribution in [-0.2, 0) is 25.7 Å². The lowest BCUT2D eigenvalue weighted by Crippen LogP contribution is -2.40. The minimum Gasteiger partial charge on any atom is -0.473 e. The molecule has 4 rings (SSSR count). The summed E-state index contributed by atoms with van der Waals surface area (Å²) < 4.78 is 7.31. The fourth-order valence-corrected chi connectivity index (χ4v) is 4.13. The van der Waals surface area contributed by atoms with Gasteiger partial charge in [-0.1, -0.05) is 24.3 Å². The fraction of sp³-hybridized carbons (Fsp3) is 0.346. The van der Waals surface area contributed by atoms with Crippen molar-refractivity contribution in [3.8, 4) is 0 Å². The highest BCUT2D eigenvalue weighted by atomic mass is 16.5. The molecule has 1 aromatic heterocycles. The van der Waals surface area contributed by atoms with Crippen molar-refractivity contribution in [2.45, 2.75) is 26.3 Å². The lowest BCUT2D eigenvalue weighted by Gasteiger charge is -2.31. The van der Waals surface area contributed by atoms with Crippen LogP contribution < -0.4 is 5.32 Å². The van der Waals surface area contributed by atoms with Crippen LogP contribution in [-0.4, -0.2) is 74.7 Å². The van der Waals surface area contributed by atoms with E-state index in [0.29, 0.717) is 30.3 Å². The first-order valence-electron chi connectivity index (χ1n) is 11.9. The van der Waals surface area contributed by atoms with Crippen LogP contribution in [0.3, 0.4) is 0 Å². The van der Waals surface area contributed by atoms with Gasteiger partial charge in [0.1, 0.15) is 0 Å². The van der Waals surface area contributed by atoms with E-state index in [1.165, 1.54) is 5.52 Å². The zero-order valence-corrected chi connectivity index (χ0v) is 20.5. The largest absolute Gasteiger partial charge is 0.473 e. The van der Waals surface area contributed by atoms with Gasteiger partial charge >= 0.3 is 17.9 Å². The van der Waals surface area contributed by atoms with Gasteiger partial charge in [-0.15, -0.1) is 0 Å². The molecular weight excluding hydrogens is 480 g/mol. The summed E-state index contributed by atoms with van der Waals surface area (Å²) in [7, 11) is 0. The molecule has 0 spiro atoms.